The van der Waals surface area contributed by atoms with Crippen LogP contribution in [-0.4, -0.2) is 80.4 Å². The van der Waals surface area contributed by atoms with Crippen molar-refractivity contribution < 1.29 is 67.0 Å². The minimum Gasteiger partial charge on any atom is -0.863 e. The van der Waals surface area contributed by atoms with E-state index in [2.05, 4.69) is 30.8 Å². The zero-order valence-corrected chi connectivity index (χ0v) is 22.6. The second-order valence-electron chi connectivity index (χ2n) is 6.94. The first-order valence-corrected chi connectivity index (χ1v) is 10.3. The van der Waals surface area contributed by atoms with Gasteiger partial charge in [0.25, 0.3) is 22.9 Å². The molecule has 33 heteroatoms. The second kappa shape index (κ2) is 16.8. The molecule has 0 aliphatic heterocycles. The van der Waals surface area contributed by atoms with Crippen molar-refractivity contribution >= 4 is 34.1 Å². The summed E-state index contributed by atoms with van der Waals surface area (Å²) in [6, 6.07) is 0.343. The summed E-state index contributed by atoms with van der Waals surface area (Å²) < 4.78 is 0. The molecule has 0 saturated carbocycles. The molecule has 4 aromatic rings. The number of nitro groups is 6. The Bertz CT molecular complexity index is 1580. The topological polar surface area (TPSA) is 485 Å². The summed E-state index contributed by atoms with van der Waals surface area (Å²) in [5.74, 6) is 3.43. The summed E-state index contributed by atoms with van der Waals surface area (Å²) in [5, 5.41) is 123. The molecule has 2 heterocycles. The van der Waals surface area contributed by atoms with E-state index in [1.54, 1.807) is 0 Å². The van der Waals surface area contributed by atoms with Crippen LogP contribution in [0.2, 0.25) is 0 Å². The molecule has 4 rings (SSSR count). The van der Waals surface area contributed by atoms with E-state index in [0.29, 0.717) is 0 Å². The van der Waals surface area contributed by atoms with Gasteiger partial charge in [-0.05, 0) is 10.4 Å². The quantitative estimate of drug-likeness (QED) is 0.0673. The molecule has 0 spiro atoms. The molecule has 0 bridgehead atoms. The smallest absolute Gasteiger partial charge is 0.863 e. The Morgan fingerprint density at radius 2 is 0.830 bits per heavy atom. The number of rotatable bonds is 6. The predicted octanol–water partition coefficient (Wildman–Crippen LogP) is -2.85. The molecule has 2 aromatic carbocycles. The Morgan fingerprint density at radius 3 is 0.979 bits per heavy atom. The third kappa shape index (κ3) is 10.2. The molecule has 0 aliphatic rings. The number of nitrogen functional groups attached to an aromatic ring is 2. The molecule has 0 unspecified atom stereocenters. The van der Waals surface area contributed by atoms with E-state index in [0.717, 1.165) is 9.81 Å². The van der Waals surface area contributed by atoms with Gasteiger partial charge in [-0.25, -0.2) is 0 Å². The molecule has 253 valence electrons. The zero-order valence-electron chi connectivity index (χ0n) is 21.6. The van der Waals surface area contributed by atoms with Gasteiger partial charge in [0.05, 0.1) is 53.2 Å². The first-order chi connectivity index (χ1) is 21.3. The maximum atomic E-state index is 11.2. The maximum absolute atomic E-state index is 11.2. The normalized spacial score (nSPS) is 9.36. The molecule has 0 saturated heterocycles. The Hall–Kier alpha value is -7.70. The van der Waals surface area contributed by atoms with Crippen molar-refractivity contribution in [3.05, 3.63) is 85.5 Å². The van der Waals surface area contributed by atoms with Crippen LogP contribution < -0.4 is 21.9 Å². The first kappa shape index (κ1) is 39.3. The summed E-state index contributed by atoms with van der Waals surface area (Å²) in [4.78, 5) is 56.1. The predicted molar refractivity (Wildman–Crippen MR) is 131 cm³/mol. The van der Waals surface area contributed by atoms with Crippen LogP contribution in [0.25, 0.3) is 0 Å². The largest absolute Gasteiger partial charge is 2.00 e. The van der Waals surface area contributed by atoms with Crippen LogP contribution in [0.1, 0.15) is 0 Å². The molecule has 47 heavy (non-hydrogen) atoms. The fourth-order valence-electron chi connectivity index (χ4n) is 2.47. The van der Waals surface area contributed by atoms with E-state index >= 15 is 0 Å². The van der Waals surface area contributed by atoms with E-state index in [4.69, 9.17) is 21.9 Å². The molecule has 0 fully saturated rings. The van der Waals surface area contributed by atoms with Gasteiger partial charge < -0.3 is 32.1 Å². The van der Waals surface area contributed by atoms with Crippen LogP contribution in [0.5, 0.6) is 23.0 Å². The van der Waals surface area contributed by atoms with Gasteiger partial charge in [0.2, 0.25) is 0 Å². The molecule has 32 nitrogen and oxygen atoms in total. The summed E-state index contributed by atoms with van der Waals surface area (Å²) in [5.41, 5.74) is -8.43. The second-order valence-corrected chi connectivity index (χ2v) is 6.94. The van der Waals surface area contributed by atoms with Crippen molar-refractivity contribution in [2.24, 2.45) is 0 Å². The van der Waals surface area contributed by atoms with Crippen molar-refractivity contribution in [2.75, 3.05) is 11.7 Å². The van der Waals surface area contributed by atoms with E-state index in [-0.39, 0.29) is 29.2 Å². The van der Waals surface area contributed by atoms with Crippen molar-refractivity contribution in [3.63, 3.8) is 0 Å². The van der Waals surface area contributed by atoms with Gasteiger partial charge in [-0.3, -0.25) is 60.7 Å². The first-order valence-electron chi connectivity index (χ1n) is 10.3. The molecule has 1 radical (unpaired) electrons. The fraction of sp³-hybridized carbons (Fsp3) is 0. The molecular formula is C14H10CuN16O16. The molecule has 0 aliphatic carbocycles. The molecule has 0 amide bonds. The average molecular weight is 722 g/mol. The summed E-state index contributed by atoms with van der Waals surface area (Å²) in [7, 11) is 0. The zero-order chi connectivity index (χ0) is 35.5. The third-order valence-corrected chi connectivity index (χ3v) is 4.26. The van der Waals surface area contributed by atoms with Crippen LogP contribution in [-0.2, 0) is 17.1 Å². The number of tetrazole rings is 2. The van der Waals surface area contributed by atoms with Crippen molar-refractivity contribution in [1.82, 2.24) is 40.6 Å². The molecule has 6 N–H and O–H groups in total. The Balaban J connectivity index is 0.000000656. The van der Waals surface area contributed by atoms with E-state index in [9.17, 15) is 70.9 Å². The fourth-order valence-corrected chi connectivity index (χ4v) is 2.47. The van der Waals surface area contributed by atoms with Gasteiger partial charge >= 0.3 is 39.8 Å². The molecular weight excluding hydrogens is 712 g/mol. The van der Waals surface area contributed by atoms with Gasteiger partial charge in [-0.1, -0.05) is 9.81 Å². The van der Waals surface area contributed by atoms with Crippen molar-refractivity contribution in [1.29, 1.82) is 0 Å². The minimum atomic E-state index is -1.69. The van der Waals surface area contributed by atoms with Gasteiger partial charge in [-0.2, -0.15) is 0 Å². The van der Waals surface area contributed by atoms with Crippen LogP contribution in [0.15, 0.2) is 24.8 Å². The summed E-state index contributed by atoms with van der Waals surface area (Å²) >= 11 is 0. The van der Waals surface area contributed by atoms with Gasteiger partial charge in [0.1, 0.15) is 0 Å². The maximum Gasteiger partial charge on any atom is 2.00 e. The van der Waals surface area contributed by atoms with Crippen LogP contribution in [0, 0.1) is 60.7 Å². The van der Waals surface area contributed by atoms with E-state index in [1.165, 1.54) is 12.7 Å². The average Bonchev–Trinajstić information content (AvgIpc) is 3.62. The van der Waals surface area contributed by atoms with Crippen LogP contribution in [0.4, 0.5) is 34.1 Å². The number of benzene rings is 2. The number of nitrogens with two attached hydrogens (primary N) is 2. The number of hydrogen-bond acceptors (Lipinski definition) is 24. The Morgan fingerprint density at radius 1 is 0.553 bits per heavy atom. The van der Waals surface area contributed by atoms with Crippen LogP contribution in [0.3, 0.4) is 0 Å². The standard InChI is InChI=1S/2C6H3N3O8.2CH3N5.Cu/c2*10-5-2(7(12)13)1-3(8(14)15)6(11)4(5)9(16)17;2*2-6-4-1-3-5-6;/h2*1,10-11H;2*1H,2H2;/q;;;;+2/p-2. The molecule has 2 aromatic heterocycles. The van der Waals surface area contributed by atoms with Crippen LogP contribution >= 0.6 is 0 Å². The van der Waals surface area contributed by atoms with Gasteiger partial charge in [0.15, 0.2) is 12.7 Å². The molecule has 0 atom stereocenters. The van der Waals surface area contributed by atoms with Crippen molar-refractivity contribution in [2.45, 2.75) is 0 Å². The summed E-state index contributed by atoms with van der Waals surface area (Å²) in [6.45, 7) is 0. The van der Waals surface area contributed by atoms with E-state index in [1.807, 2.05) is 0 Å². The Labute approximate surface area is 262 Å². The number of aromatic nitrogens is 8. The number of phenols is 2. The van der Waals surface area contributed by atoms with Crippen molar-refractivity contribution in [3.8, 4) is 23.0 Å². The summed E-state index contributed by atoms with van der Waals surface area (Å²) in [6.07, 6.45) is 2.53. The monoisotopic (exact) mass is 721 g/mol. The van der Waals surface area contributed by atoms with Gasteiger partial charge in [-0.15, -0.1) is 20.4 Å². The minimum absolute atomic E-state index is 0. The SMILES string of the molecule is Nn1ncnn1.Nn1ncnn1.O=[N+]([O-])c1cc([N+](=O)[O-])c(O)c([N+](=O)[O-])c1[O-].O=[N+]([O-])c1cc([N+](=O)[O-])c(O)c([N+](=O)[O-])c1[O-].[Cu+2]. The number of nitro benzene ring substituents is 6. The Kier molecular flexibility index (Phi) is 14.1. The van der Waals surface area contributed by atoms with E-state index < -0.39 is 86.7 Å². The third-order valence-electron chi connectivity index (χ3n) is 4.26. The number of phenolic OH excluding ortho intramolecular Hbond substituents is 2. The number of aromatic hydroxyl groups is 2. The number of nitrogens with zero attached hydrogens (tertiary/aromatic N) is 14. The number of hydrogen-bond donors (Lipinski definition) is 4. The van der Waals surface area contributed by atoms with Gasteiger partial charge in [0, 0.05) is 0 Å².